The lowest BCUT2D eigenvalue weighted by Gasteiger charge is -2.28. The average molecular weight is 289 g/mol. The quantitative estimate of drug-likeness (QED) is 0.934. The topological polar surface area (TPSA) is 21.3 Å². The summed E-state index contributed by atoms with van der Waals surface area (Å²) in [6.07, 6.45) is 0.713. The summed E-state index contributed by atoms with van der Waals surface area (Å²) in [5.41, 5.74) is 3.44. The van der Waals surface area contributed by atoms with Crippen molar-refractivity contribution >= 4 is 0 Å². The molecule has 2 nitrogen and oxygen atoms in total. The first-order chi connectivity index (χ1) is 10.2. The minimum Gasteiger partial charge on any atom is -0.372 e. The SMILES string of the molecule is CNC[C@@H]1OCCc2c(-c3ccc(F)cc3F)cccc21. The molecule has 0 aliphatic carbocycles. The molecule has 1 aliphatic rings. The summed E-state index contributed by atoms with van der Waals surface area (Å²) in [7, 11) is 1.88. The number of rotatable bonds is 3. The average Bonchev–Trinajstić information content (AvgIpc) is 2.48. The van der Waals surface area contributed by atoms with Gasteiger partial charge in [-0.2, -0.15) is 0 Å². The Hall–Kier alpha value is -1.78. The molecule has 2 aromatic carbocycles. The molecule has 0 saturated heterocycles. The molecule has 3 rings (SSSR count). The number of hydrogen-bond donors (Lipinski definition) is 1. The molecule has 2 aromatic rings. The van der Waals surface area contributed by atoms with E-state index < -0.39 is 11.6 Å². The van der Waals surface area contributed by atoms with Crippen molar-refractivity contribution in [1.82, 2.24) is 5.32 Å². The maximum Gasteiger partial charge on any atom is 0.133 e. The van der Waals surface area contributed by atoms with E-state index in [0.717, 1.165) is 29.2 Å². The molecule has 1 aliphatic heterocycles. The van der Waals surface area contributed by atoms with Gasteiger partial charge in [0.15, 0.2) is 0 Å². The third-order valence-corrected chi connectivity index (χ3v) is 3.84. The fourth-order valence-corrected chi connectivity index (χ4v) is 2.89. The fraction of sp³-hybridized carbons (Fsp3) is 0.294. The van der Waals surface area contributed by atoms with Crippen molar-refractivity contribution in [1.29, 1.82) is 0 Å². The Morgan fingerprint density at radius 1 is 1.19 bits per heavy atom. The van der Waals surface area contributed by atoms with Gasteiger partial charge in [-0.3, -0.25) is 0 Å². The highest BCUT2D eigenvalue weighted by Gasteiger charge is 2.23. The summed E-state index contributed by atoms with van der Waals surface area (Å²) >= 11 is 0. The maximum atomic E-state index is 14.1. The lowest BCUT2D eigenvalue weighted by molar-refractivity contribution is 0.0440. The van der Waals surface area contributed by atoms with E-state index in [-0.39, 0.29) is 6.10 Å². The summed E-state index contributed by atoms with van der Waals surface area (Å²) in [4.78, 5) is 0. The summed E-state index contributed by atoms with van der Waals surface area (Å²) < 4.78 is 32.9. The first-order valence-electron chi connectivity index (χ1n) is 7.04. The van der Waals surface area contributed by atoms with Crippen LogP contribution < -0.4 is 5.32 Å². The van der Waals surface area contributed by atoms with Gasteiger partial charge in [-0.05, 0) is 42.3 Å². The number of halogens is 2. The Labute approximate surface area is 122 Å². The number of nitrogens with one attached hydrogen (secondary N) is 1. The van der Waals surface area contributed by atoms with Crippen molar-refractivity contribution in [2.24, 2.45) is 0 Å². The predicted molar refractivity (Wildman–Crippen MR) is 78.1 cm³/mol. The van der Waals surface area contributed by atoms with Gasteiger partial charge >= 0.3 is 0 Å². The Kier molecular flexibility index (Phi) is 3.99. The van der Waals surface area contributed by atoms with Crippen LogP contribution in [0.5, 0.6) is 0 Å². The van der Waals surface area contributed by atoms with E-state index >= 15 is 0 Å². The van der Waals surface area contributed by atoms with Gasteiger partial charge in [0.1, 0.15) is 11.6 Å². The zero-order chi connectivity index (χ0) is 14.8. The Morgan fingerprint density at radius 2 is 2.05 bits per heavy atom. The number of benzene rings is 2. The molecule has 0 radical (unpaired) electrons. The second-order valence-corrected chi connectivity index (χ2v) is 5.16. The molecular weight excluding hydrogens is 272 g/mol. The molecule has 1 heterocycles. The second kappa shape index (κ2) is 5.92. The molecule has 0 aromatic heterocycles. The summed E-state index contributed by atoms with van der Waals surface area (Å²) in [5.74, 6) is -1.09. The molecule has 1 N–H and O–H groups in total. The minimum atomic E-state index is -0.558. The highest BCUT2D eigenvalue weighted by atomic mass is 19.1. The van der Waals surface area contributed by atoms with Gasteiger partial charge in [0.05, 0.1) is 12.7 Å². The van der Waals surface area contributed by atoms with Gasteiger partial charge in [-0.25, -0.2) is 8.78 Å². The zero-order valence-electron chi connectivity index (χ0n) is 11.8. The van der Waals surface area contributed by atoms with Gasteiger partial charge in [0.2, 0.25) is 0 Å². The third kappa shape index (κ3) is 2.69. The Morgan fingerprint density at radius 3 is 2.81 bits per heavy atom. The van der Waals surface area contributed by atoms with E-state index in [1.807, 2.05) is 25.2 Å². The summed E-state index contributed by atoms with van der Waals surface area (Å²) in [6.45, 7) is 1.32. The number of ether oxygens (including phenoxy) is 1. The molecule has 0 fully saturated rings. The van der Waals surface area contributed by atoms with Crippen LogP contribution >= 0.6 is 0 Å². The molecule has 0 saturated carbocycles. The van der Waals surface area contributed by atoms with E-state index in [9.17, 15) is 8.78 Å². The van der Waals surface area contributed by atoms with Gasteiger partial charge in [-0.1, -0.05) is 18.2 Å². The monoisotopic (exact) mass is 289 g/mol. The number of likely N-dealkylation sites (N-methyl/N-ethyl adjacent to an activating group) is 1. The number of fused-ring (bicyclic) bond motifs is 1. The van der Waals surface area contributed by atoms with Crippen LogP contribution in [-0.4, -0.2) is 20.2 Å². The van der Waals surface area contributed by atoms with Gasteiger partial charge in [-0.15, -0.1) is 0 Å². The normalized spacial score (nSPS) is 17.6. The van der Waals surface area contributed by atoms with Crippen molar-refractivity contribution in [2.75, 3.05) is 20.2 Å². The first-order valence-corrected chi connectivity index (χ1v) is 7.04. The number of hydrogen-bond acceptors (Lipinski definition) is 2. The first kappa shape index (κ1) is 14.2. The van der Waals surface area contributed by atoms with Crippen LogP contribution in [0.4, 0.5) is 8.78 Å². The zero-order valence-corrected chi connectivity index (χ0v) is 11.8. The van der Waals surface area contributed by atoms with Crippen LogP contribution in [0.3, 0.4) is 0 Å². The van der Waals surface area contributed by atoms with Crippen molar-refractivity contribution in [3.8, 4) is 11.1 Å². The Balaban J connectivity index is 2.10. The largest absolute Gasteiger partial charge is 0.372 e. The standard InChI is InChI=1S/C17H17F2NO/c1-20-10-17-15-4-2-3-12(13(15)7-8-21-17)14-6-5-11(18)9-16(14)19/h2-6,9,17,20H,7-8,10H2,1H3/t17-/m0/s1. The summed E-state index contributed by atoms with van der Waals surface area (Å²) in [6, 6.07) is 9.52. The van der Waals surface area contributed by atoms with E-state index in [1.165, 1.54) is 12.1 Å². The Bertz CT molecular complexity index is 657. The van der Waals surface area contributed by atoms with E-state index in [4.69, 9.17) is 4.74 Å². The van der Waals surface area contributed by atoms with Gasteiger partial charge < -0.3 is 10.1 Å². The fourth-order valence-electron chi connectivity index (χ4n) is 2.89. The molecule has 0 bridgehead atoms. The van der Waals surface area contributed by atoms with E-state index in [2.05, 4.69) is 5.32 Å². The molecule has 0 amide bonds. The molecule has 1 atom stereocenters. The minimum absolute atomic E-state index is 0.0257. The van der Waals surface area contributed by atoms with Crippen molar-refractivity contribution in [3.63, 3.8) is 0 Å². The molecule has 110 valence electrons. The summed E-state index contributed by atoms with van der Waals surface area (Å²) in [5, 5.41) is 3.11. The smallest absolute Gasteiger partial charge is 0.133 e. The van der Waals surface area contributed by atoms with Crippen LogP contribution in [0, 0.1) is 11.6 Å². The highest BCUT2D eigenvalue weighted by molar-refractivity contribution is 5.70. The van der Waals surface area contributed by atoms with Crippen LogP contribution in [0.1, 0.15) is 17.2 Å². The highest BCUT2D eigenvalue weighted by Crippen LogP contribution is 2.35. The third-order valence-electron chi connectivity index (χ3n) is 3.84. The van der Waals surface area contributed by atoms with Crippen molar-refractivity contribution in [2.45, 2.75) is 12.5 Å². The van der Waals surface area contributed by atoms with Gasteiger partial charge in [0, 0.05) is 18.2 Å². The lowest BCUT2D eigenvalue weighted by Crippen LogP contribution is -2.25. The van der Waals surface area contributed by atoms with Crippen LogP contribution in [0.2, 0.25) is 0 Å². The van der Waals surface area contributed by atoms with Crippen molar-refractivity contribution in [3.05, 3.63) is 59.2 Å². The molecule has 21 heavy (non-hydrogen) atoms. The van der Waals surface area contributed by atoms with Crippen molar-refractivity contribution < 1.29 is 13.5 Å². The molecule has 4 heteroatoms. The molecular formula is C17H17F2NO. The van der Waals surface area contributed by atoms with Gasteiger partial charge in [0.25, 0.3) is 0 Å². The van der Waals surface area contributed by atoms with E-state index in [1.54, 1.807) is 0 Å². The van der Waals surface area contributed by atoms with E-state index in [0.29, 0.717) is 18.7 Å². The second-order valence-electron chi connectivity index (χ2n) is 5.16. The molecule has 0 unspecified atom stereocenters. The maximum absolute atomic E-state index is 14.1. The van der Waals surface area contributed by atoms with Crippen LogP contribution in [-0.2, 0) is 11.2 Å². The lowest BCUT2D eigenvalue weighted by atomic mass is 9.89. The molecule has 0 spiro atoms. The van der Waals surface area contributed by atoms with Crippen LogP contribution in [0.15, 0.2) is 36.4 Å². The van der Waals surface area contributed by atoms with Crippen LogP contribution in [0.25, 0.3) is 11.1 Å². The predicted octanol–water partition coefficient (Wildman–Crippen LogP) is 3.47.